The third-order valence-corrected chi connectivity index (χ3v) is 5.78. The third kappa shape index (κ3) is 5.85. The molecule has 4 rings (SSSR count). The zero-order chi connectivity index (χ0) is 22.4. The fraction of sp³-hybridized carbons (Fsp3) is 0.308. The molecule has 5 nitrogen and oxygen atoms in total. The zero-order valence-electron chi connectivity index (χ0n) is 17.9. The van der Waals surface area contributed by atoms with Crippen molar-refractivity contribution in [3.05, 3.63) is 90.2 Å². The lowest BCUT2D eigenvalue weighted by Gasteiger charge is -2.39. The topological polar surface area (TPSA) is 62.2 Å². The number of piperidine rings is 1. The Morgan fingerprint density at radius 1 is 0.844 bits per heavy atom. The highest BCUT2D eigenvalue weighted by atomic mass is 19.1. The standard InChI is InChI=1S/C26H28FNO4/c27-21-8-12-25(13-9-21)32-24-10-6-20(7-11-24)26(30)14-16-28(17-15-26)18-22(29)19-31-23-4-2-1-3-5-23/h1-13,22,29-30H,14-19H2. The molecule has 3 aromatic rings. The Morgan fingerprint density at radius 3 is 2.06 bits per heavy atom. The molecule has 0 amide bonds. The van der Waals surface area contributed by atoms with Crippen LogP contribution in [-0.4, -0.2) is 47.5 Å². The largest absolute Gasteiger partial charge is 0.491 e. The number of para-hydroxylation sites is 1. The minimum atomic E-state index is -0.906. The van der Waals surface area contributed by atoms with Gasteiger partial charge in [-0.25, -0.2) is 4.39 Å². The van der Waals surface area contributed by atoms with E-state index >= 15 is 0 Å². The Hall–Kier alpha value is -2.93. The lowest BCUT2D eigenvalue weighted by Crippen LogP contribution is -2.46. The molecule has 1 heterocycles. The van der Waals surface area contributed by atoms with E-state index < -0.39 is 11.7 Å². The van der Waals surface area contributed by atoms with Crippen molar-refractivity contribution in [1.29, 1.82) is 0 Å². The molecular weight excluding hydrogens is 409 g/mol. The van der Waals surface area contributed by atoms with Gasteiger partial charge in [-0.15, -0.1) is 0 Å². The molecule has 1 atom stereocenters. The molecule has 32 heavy (non-hydrogen) atoms. The van der Waals surface area contributed by atoms with E-state index in [0.717, 1.165) is 11.3 Å². The number of nitrogens with zero attached hydrogens (tertiary/aromatic N) is 1. The first kappa shape index (κ1) is 22.3. The lowest BCUT2D eigenvalue weighted by molar-refractivity contribution is -0.0372. The van der Waals surface area contributed by atoms with Crippen LogP contribution in [0.15, 0.2) is 78.9 Å². The average Bonchev–Trinajstić information content (AvgIpc) is 2.82. The number of halogens is 1. The molecule has 0 aliphatic carbocycles. The smallest absolute Gasteiger partial charge is 0.127 e. The Labute approximate surface area is 187 Å². The van der Waals surface area contributed by atoms with Gasteiger partial charge < -0.3 is 24.6 Å². The Morgan fingerprint density at radius 2 is 1.44 bits per heavy atom. The third-order valence-electron chi connectivity index (χ3n) is 5.78. The first-order valence-electron chi connectivity index (χ1n) is 10.8. The number of β-amino-alcohol motifs (C(OH)–C–C–N with tert-alkyl or cyclic N) is 1. The van der Waals surface area contributed by atoms with E-state index in [1.54, 1.807) is 12.1 Å². The number of rotatable bonds is 8. The second kappa shape index (κ2) is 10.1. The summed E-state index contributed by atoms with van der Waals surface area (Å²) in [5, 5.41) is 21.5. The molecule has 1 aliphatic heterocycles. The molecule has 0 spiro atoms. The number of aliphatic hydroxyl groups excluding tert-OH is 1. The van der Waals surface area contributed by atoms with Crippen molar-refractivity contribution < 1.29 is 24.1 Å². The van der Waals surface area contributed by atoms with Crippen LogP contribution in [0.5, 0.6) is 17.2 Å². The monoisotopic (exact) mass is 437 g/mol. The number of likely N-dealkylation sites (tertiary alicyclic amines) is 1. The summed E-state index contributed by atoms with van der Waals surface area (Å²) in [5.41, 5.74) is -0.0623. The van der Waals surface area contributed by atoms with Crippen molar-refractivity contribution in [1.82, 2.24) is 4.90 Å². The predicted molar refractivity (Wildman–Crippen MR) is 120 cm³/mol. The molecule has 168 valence electrons. The Balaban J connectivity index is 1.26. The molecule has 6 heteroatoms. The Kier molecular flexibility index (Phi) is 7.05. The second-order valence-corrected chi connectivity index (χ2v) is 8.19. The van der Waals surface area contributed by atoms with E-state index in [2.05, 4.69) is 4.90 Å². The molecule has 0 aromatic heterocycles. The number of hydrogen-bond acceptors (Lipinski definition) is 5. The van der Waals surface area contributed by atoms with Gasteiger partial charge in [0.15, 0.2) is 0 Å². The van der Waals surface area contributed by atoms with Gasteiger partial charge in [0.2, 0.25) is 0 Å². The van der Waals surface area contributed by atoms with E-state index in [0.29, 0.717) is 44.0 Å². The van der Waals surface area contributed by atoms with Crippen LogP contribution in [0.1, 0.15) is 18.4 Å². The van der Waals surface area contributed by atoms with Crippen LogP contribution >= 0.6 is 0 Å². The van der Waals surface area contributed by atoms with Crippen molar-refractivity contribution in [3.63, 3.8) is 0 Å². The maximum atomic E-state index is 13.0. The van der Waals surface area contributed by atoms with Crippen LogP contribution in [0.2, 0.25) is 0 Å². The second-order valence-electron chi connectivity index (χ2n) is 8.19. The average molecular weight is 438 g/mol. The summed E-state index contributed by atoms with van der Waals surface area (Å²) < 4.78 is 24.4. The van der Waals surface area contributed by atoms with Crippen molar-refractivity contribution in [2.24, 2.45) is 0 Å². The molecule has 0 bridgehead atoms. The summed E-state index contributed by atoms with van der Waals surface area (Å²) >= 11 is 0. The summed E-state index contributed by atoms with van der Waals surface area (Å²) in [6.45, 7) is 2.12. The van der Waals surface area contributed by atoms with Gasteiger partial charge in [0.1, 0.15) is 35.8 Å². The summed E-state index contributed by atoms with van der Waals surface area (Å²) in [7, 11) is 0. The highest BCUT2D eigenvalue weighted by molar-refractivity contribution is 5.35. The fourth-order valence-corrected chi connectivity index (χ4v) is 3.93. The number of benzene rings is 3. The van der Waals surface area contributed by atoms with Crippen LogP contribution in [0, 0.1) is 5.82 Å². The quantitative estimate of drug-likeness (QED) is 0.549. The summed E-state index contributed by atoms with van der Waals surface area (Å²) in [5.74, 6) is 1.62. The zero-order valence-corrected chi connectivity index (χ0v) is 17.9. The summed E-state index contributed by atoms with van der Waals surface area (Å²) in [6, 6.07) is 22.7. The van der Waals surface area contributed by atoms with Gasteiger partial charge in [0.05, 0.1) is 5.60 Å². The SMILES string of the molecule is OC(COc1ccccc1)CN1CCC(O)(c2ccc(Oc3ccc(F)cc3)cc2)CC1. The Bertz CT molecular complexity index is 971. The van der Waals surface area contributed by atoms with Crippen LogP contribution < -0.4 is 9.47 Å². The molecule has 1 saturated heterocycles. The van der Waals surface area contributed by atoms with Gasteiger partial charge in [0, 0.05) is 19.6 Å². The normalized spacial score (nSPS) is 17.0. The minimum Gasteiger partial charge on any atom is -0.491 e. The van der Waals surface area contributed by atoms with Gasteiger partial charge in [-0.3, -0.25) is 0 Å². The molecule has 1 unspecified atom stereocenters. The van der Waals surface area contributed by atoms with Crippen LogP contribution in [-0.2, 0) is 5.60 Å². The van der Waals surface area contributed by atoms with Crippen molar-refractivity contribution >= 4 is 0 Å². The van der Waals surface area contributed by atoms with Gasteiger partial charge in [-0.1, -0.05) is 30.3 Å². The number of ether oxygens (including phenoxy) is 2. The first-order chi connectivity index (χ1) is 15.5. The van der Waals surface area contributed by atoms with Crippen molar-refractivity contribution in [2.75, 3.05) is 26.2 Å². The minimum absolute atomic E-state index is 0.236. The highest BCUT2D eigenvalue weighted by Crippen LogP contribution is 2.34. The molecule has 2 N–H and O–H groups in total. The predicted octanol–water partition coefficient (Wildman–Crippen LogP) is 4.34. The molecule has 3 aromatic carbocycles. The van der Waals surface area contributed by atoms with E-state index in [4.69, 9.17) is 9.47 Å². The number of hydrogen-bond donors (Lipinski definition) is 2. The first-order valence-corrected chi connectivity index (χ1v) is 10.8. The lowest BCUT2D eigenvalue weighted by atomic mass is 9.84. The molecule has 1 aliphatic rings. The van der Waals surface area contributed by atoms with E-state index in [1.807, 2.05) is 54.6 Å². The highest BCUT2D eigenvalue weighted by Gasteiger charge is 2.34. The van der Waals surface area contributed by atoms with Crippen molar-refractivity contribution in [2.45, 2.75) is 24.5 Å². The van der Waals surface area contributed by atoms with Gasteiger partial charge in [-0.05, 0) is 66.9 Å². The van der Waals surface area contributed by atoms with E-state index in [1.165, 1.54) is 12.1 Å². The van der Waals surface area contributed by atoms with Gasteiger partial charge >= 0.3 is 0 Å². The molecule has 1 fully saturated rings. The number of aliphatic hydroxyl groups is 2. The van der Waals surface area contributed by atoms with Crippen LogP contribution in [0.25, 0.3) is 0 Å². The summed E-state index contributed by atoms with van der Waals surface area (Å²) in [4.78, 5) is 2.15. The summed E-state index contributed by atoms with van der Waals surface area (Å²) in [6.07, 6.45) is 0.568. The van der Waals surface area contributed by atoms with Crippen LogP contribution in [0.3, 0.4) is 0 Å². The molecule has 0 saturated carbocycles. The molecule has 0 radical (unpaired) electrons. The van der Waals surface area contributed by atoms with E-state index in [-0.39, 0.29) is 12.4 Å². The fourth-order valence-electron chi connectivity index (χ4n) is 3.93. The maximum Gasteiger partial charge on any atom is 0.127 e. The van der Waals surface area contributed by atoms with Gasteiger partial charge in [-0.2, -0.15) is 0 Å². The van der Waals surface area contributed by atoms with Crippen molar-refractivity contribution in [3.8, 4) is 17.2 Å². The molecular formula is C26H28FNO4. The van der Waals surface area contributed by atoms with Crippen LogP contribution in [0.4, 0.5) is 4.39 Å². The van der Waals surface area contributed by atoms with Gasteiger partial charge in [0.25, 0.3) is 0 Å². The maximum absolute atomic E-state index is 13.0. The van der Waals surface area contributed by atoms with E-state index in [9.17, 15) is 14.6 Å².